The summed E-state index contributed by atoms with van der Waals surface area (Å²) >= 11 is 1.51. The van der Waals surface area contributed by atoms with E-state index >= 15 is 0 Å². The maximum atomic E-state index is 13.5. The molecule has 0 saturated carbocycles. The van der Waals surface area contributed by atoms with Gasteiger partial charge in [-0.05, 0) is 43.4 Å². The summed E-state index contributed by atoms with van der Waals surface area (Å²) in [6, 6.07) is 9.38. The number of nitriles is 1. The molecule has 178 valence electrons. The highest BCUT2D eigenvalue weighted by atomic mass is 32.2. The number of fused-ring (bicyclic) bond motifs is 2. The van der Waals surface area contributed by atoms with Crippen LogP contribution < -0.4 is 0 Å². The van der Waals surface area contributed by atoms with Crippen molar-refractivity contribution < 1.29 is 22.0 Å². The zero-order valence-corrected chi connectivity index (χ0v) is 19.2. The second-order valence-electron chi connectivity index (χ2n) is 8.22. The number of pyridine rings is 1. The number of thioether (sulfide) groups is 1. The van der Waals surface area contributed by atoms with Gasteiger partial charge in [-0.1, -0.05) is 13.0 Å². The number of alkyl halides is 5. The predicted octanol–water partition coefficient (Wildman–Crippen LogP) is 5.88. The summed E-state index contributed by atoms with van der Waals surface area (Å²) in [5, 5.41) is 19.8. The fourth-order valence-corrected chi connectivity index (χ4v) is 4.28. The monoisotopic (exact) mass is 494 g/mol. The lowest BCUT2D eigenvalue weighted by Gasteiger charge is -2.19. The molecule has 0 bridgehead atoms. The van der Waals surface area contributed by atoms with E-state index < -0.39 is 24.1 Å². The fourth-order valence-electron chi connectivity index (χ4n) is 3.43. The molecule has 0 atom stereocenters. The second-order valence-corrected chi connectivity index (χ2v) is 9.48. The van der Waals surface area contributed by atoms with E-state index in [4.69, 9.17) is 0 Å². The minimum atomic E-state index is -5.68. The molecule has 3 aromatic heterocycles. The van der Waals surface area contributed by atoms with E-state index in [0.717, 1.165) is 21.7 Å². The van der Waals surface area contributed by atoms with Crippen molar-refractivity contribution in [3.8, 4) is 11.9 Å². The quantitative estimate of drug-likeness (QED) is 0.247. The number of hydrogen-bond acceptors (Lipinski definition) is 5. The molecule has 0 amide bonds. The Bertz CT molecular complexity index is 1410. The Morgan fingerprint density at radius 2 is 1.82 bits per heavy atom. The van der Waals surface area contributed by atoms with Crippen molar-refractivity contribution in [3.05, 3.63) is 42.2 Å². The molecule has 0 unspecified atom stereocenters. The van der Waals surface area contributed by atoms with Gasteiger partial charge in [-0.3, -0.25) is 4.68 Å². The molecule has 0 aliphatic carbocycles. The predicted molar refractivity (Wildman–Crippen MR) is 118 cm³/mol. The summed E-state index contributed by atoms with van der Waals surface area (Å²) in [6.45, 7) is 3.97. The van der Waals surface area contributed by atoms with Crippen LogP contribution in [0, 0.1) is 11.3 Å². The normalized spacial score (nSPS) is 13.0. The van der Waals surface area contributed by atoms with Crippen LogP contribution in [0.2, 0.25) is 0 Å². The summed E-state index contributed by atoms with van der Waals surface area (Å²) in [6.07, 6.45) is -3.25. The largest absolute Gasteiger partial charge is 0.455 e. The highest BCUT2D eigenvalue weighted by Gasteiger charge is 2.57. The van der Waals surface area contributed by atoms with Crippen LogP contribution in [0.15, 0.2) is 41.7 Å². The standard InChI is InChI=1S/C22H19F5N6S/c1-4-34-19-15-8-14(20(2,3)11-28)5-6-16(15)31-33(19)18-7-13-9-30-32(17(13)10-29-18)12-21(23,24)22(25,26)27/h5-10H,4,12H2,1-3H3. The smallest absolute Gasteiger partial charge is 0.257 e. The molecule has 0 N–H and O–H groups in total. The number of halogens is 5. The van der Waals surface area contributed by atoms with Gasteiger partial charge in [0.1, 0.15) is 11.6 Å². The van der Waals surface area contributed by atoms with Crippen LogP contribution in [-0.2, 0) is 12.0 Å². The first-order valence-electron chi connectivity index (χ1n) is 10.2. The molecule has 0 aliphatic rings. The average Bonchev–Trinajstić information content (AvgIpc) is 3.33. The maximum absolute atomic E-state index is 13.5. The minimum Gasteiger partial charge on any atom is -0.257 e. The lowest BCUT2D eigenvalue weighted by Crippen LogP contribution is -2.40. The van der Waals surface area contributed by atoms with Crippen molar-refractivity contribution in [1.82, 2.24) is 24.5 Å². The van der Waals surface area contributed by atoms with Gasteiger partial charge in [0, 0.05) is 10.8 Å². The Morgan fingerprint density at radius 3 is 2.47 bits per heavy atom. The van der Waals surface area contributed by atoms with Crippen LogP contribution in [0.3, 0.4) is 0 Å². The Kier molecular flexibility index (Phi) is 5.80. The molecule has 0 saturated heterocycles. The summed E-state index contributed by atoms with van der Waals surface area (Å²) in [7, 11) is 0. The molecular formula is C22H19F5N6S. The number of aromatic nitrogens is 5. The Labute approximate surface area is 195 Å². The average molecular weight is 494 g/mol. The third-order valence-electron chi connectivity index (χ3n) is 5.40. The van der Waals surface area contributed by atoms with Crippen molar-refractivity contribution in [2.75, 3.05) is 5.75 Å². The molecular weight excluding hydrogens is 475 g/mol. The van der Waals surface area contributed by atoms with E-state index in [0.29, 0.717) is 21.4 Å². The first-order chi connectivity index (χ1) is 15.9. The van der Waals surface area contributed by atoms with Gasteiger partial charge in [0.05, 0.1) is 34.9 Å². The second kappa shape index (κ2) is 8.23. The Morgan fingerprint density at radius 1 is 1.09 bits per heavy atom. The molecule has 0 radical (unpaired) electrons. The SMILES string of the molecule is CCSc1c2cc(C(C)(C)C#N)ccc2nn1-c1cc2cnn(CC(F)(F)C(F)(F)F)c2cn1. The van der Waals surface area contributed by atoms with Crippen LogP contribution in [0.5, 0.6) is 0 Å². The van der Waals surface area contributed by atoms with Gasteiger partial charge in [-0.15, -0.1) is 11.8 Å². The van der Waals surface area contributed by atoms with Crippen molar-refractivity contribution >= 4 is 33.6 Å². The molecule has 0 fully saturated rings. The Hall–Kier alpha value is -3.20. The van der Waals surface area contributed by atoms with Crippen LogP contribution in [-0.4, -0.2) is 42.4 Å². The zero-order chi connectivity index (χ0) is 24.9. The molecule has 4 aromatic rings. The van der Waals surface area contributed by atoms with Crippen molar-refractivity contribution in [2.24, 2.45) is 0 Å². The third-order valence-corrected chi connectivity index (χ3v) is 6.36. The number of benzene rings is 1. The maximum Gasteiger partial charge on any atom is 0.455 e. The van der Waals surface area contributed by atoms with Crippen LogP contribution in [0.25, 0.3) is 27.6 Å². The van der Waals surface area contributed by atoms with Gasteiger partial charge in [-0.25, -0.2) is 9.67 Å². The van der Waals surface area contributed by atoms with Crippen molar-refractivity contribution in [1.29, 1.82) is 5.26 Å². The van der Waals surface area contributed by atoms with Gasteiger partial charge < -0.3 is 0 Å². The minimum absolute atomic E-state index is 0.0483. The first kappa shape index (κ1) is 23.9. The lowest BCUT2D eigenvalue weighted by atomic mass is 9.86. The first-order valence-corrected chi connectivity index (χ1v) is 11.2. The zero-order valence-electron chi connectivity index (χ0n) is 18.4. The number of rotatable bonds is 6. The summed E-state index contributed by atoms with van der Waals surface area (Å²) in [5.74, 6) is -3.84. The van der Waals surface area contributed by atoms with Gasteiger partial charge in [0.15, 0.2) is 5.82 Å². The topological polar surface area (TPSA) is 72.3 Å². The summed E-state index contributed by atoms with van der Waals surface area (Å²) in [5.41, 5.74) is 0.854. The summed E-state index contributed by atoms with van der Waals surface area (Å²) < 4.78 is 67.1. The number of nitrogens with zero attached hydrogens (tertiary/aromatic N) is 6. The molecule has 0 spiro atoms. The molecule has 4 rings (SSSR count). The van der Waals surface area contributed by atoms with Crippen LogP contribution in [0.1, 0.15) is 26.3 Å². The molecule has 12 heteroatoms. The van der Waals surface area contributed by atoms with Crippen molar-refractivity contribution in [3.63, 3.8) is 0 Å². The van der Waals surface area contributed by atoms with E-state index in [2.05, 4.69) is 21.3 Å². The lowest BCUT2D eigenvalue weighted by molar-refractivity contribution is -0.287. The summed E-state index contributed by atoms with van der Waals surface area (Å²) in [4.78, 5) is 4.28. The van der Waals surface area contributed by atoms with Crippen LogP contribution in [0.4, 0.5) is 22.0 Å². The molecule has 1 aromatic carbocycles. The van der Waals surface area contributed by atoms with Gasteiger partial charge in [-0.2, -0.15) is 37.4 Å². The Balaban J connectivity index is 1.80. The van der Waals surface area contributed by atoms with Crippen molar-refractivity contribution in [2.45, 2.75) is 49.9 Å². The van der Waals surface area contributed by atoms with Gasteiger partial charge in [0.2, 0.25) is 0 Å². The molecule has 3 heterocycles. The van der Waals surface area contributed by atoms with Gasteiger partial charge in [0.25, 0.3) is 0 Å². The van der Waals surface area contributed by atoms with E-state index in [1.165, 1.54) is 30.2 Å². The number of hydrogen-bond donors (Lipinski definition) is 0. The molecule has 6 nitrogen and oxygen atoms in total. The molecule has 0 aliphatic heterocycles. The van der Waals surface area contributed by atoms with E-state index in [1.54, 1.807) is 4.68 Å². The van der Waals surface area contributed by atoms with E-state index in [-0.39, 0.29) is 5.52 Å². The van der Waals surface area contributed by atoms with Crippen LogP contribution >= 0.6 is 11.8 Å². The highest BCUT2D eigenvalue weighted by Crippen LogP contribution is 2.37. The fraction of sp³-hybridized carbons (Fsp3) is 0.364. The van der Waals surface area contributed by atoms with E-state index in [1.807, 2.05) is 39.0 Å². The van der Waals surface area contributed by atoms with E-state index in [9.17, 15) is 27.2 Å². The van der Waals surface area contributed by atoms with Gasteiger partial charge >= 0.3 is 12.1 Å². The third kappa shape index (κ3) is 4.09. The highest BCUT2D eigenvalue weighted by molar-refractivity contribution is 7.99. The molecule has 34 heavy (non-hydrogen) atoms.